The summed E-state index contributed by atoms with van der Waals surface area (Å²) in [5.41, 5.74) is 1.51. The minimum Gasteiger partial charge on any atom is -0.342 e. The van der Waals surface area contributed by atoms with Gasteiger partial charge >= 0.3 is 0 Å². The predicted octanol–water partition coefficient (Wildman–Crippen LogP) is 3.91. The maximum Gasteiger partial charge on any atom is 0.271 e. The Kier molecular flexibility index (Phi) is 7.67. The first-order valence-corrected chi connectivity index (χ1v) is 11.2. The number of carbonyl (C=O) groups excluding carboxylic acids is 2. The van der Waals surface area contributed by atoms with Gasteiger partial charge < -0.3 is 15.2 Å². The number of carbonyl (C=O) groups is 2. The molecule has 2 amide bonds. The van der Waals surface area contributed by atoms with Gasteiger partial charge in [-0.3, -0.25) is 19.7 Å². The Bertz CT molecular complexity index is 1220. The molecule has 1 aromatic heterocycles. The summed E-state index contributed by atoms with van der Waals surface area (Å²) < 4.78 is 1.69. The summed E-state index contributed by atoms with van der Waals surface area (Å²) in [6, 6.07) is 10.7. The van der Waals surface area contributed by atoms with Gasteiger partial charge in [0.05, 0.1) is 27.4 Å². The van der Waals surface area contributed by atoms with Crippen LogP contribution in [-0.4, -0.2) is 37.3 Å². The molecule has 0 aliphatic rings. The number of nitrogens with zero attached hydrogens (tertiary/aromatic N) is 4. The number of aromatic nitrogens is 3. The molecule has 2 N–H and O–H groups in total. The number of rotatable bonds is 8. The number of halogens is 1. The largest absolute Gasteiger partial charge is 0.342 e. The van der Waals surface area contributed by atoms with E-state index in [1.54, 1.807) is 30.7 Å². The molecule has 0 radical (unpaired) electrons. The average Bonchev–Trinajstić information content (AvgIpc) is 3.14. The molecular weight excluding hydrogens is 468 g/mol. The Labute approximate surface area is 198 Å². The minimum absolute atomic E-state index is 0.0188. The van der Waals surface area contributed by atoms with Gasteiger partial charge in [-0.05, 0) is 32.0 Å². The fraction of sp³-hybridized carbons (Fsp3) is 0.238. The number of non-ortho nitro benzene ring substituents is 1. The van der Waals surface area contributed by atoms with Crippen LogP contribution in [0.25, 0.3) is 0 Å². The third-order valence-electron chi connectivity index (χ3n) is 4.65. The van der Waals surface area contributed by atoms with Crippen molar-refractivity contribution in [3.05, 3.63) is 74.6 Å². The zero-order valence-electron chi connectivity index (χ0n) is 18.0. The van der Waals surface area contributed by atoms with Gasteiger partial charge in [-0.1, -0.05) is 41.1 Å². The van der Waals surface area contributed by atoms with Gasteiger partial charge in [0, 0.05) is 24.7 Å². The normalized spacial score (nSPS) is 11.6. The summed E-state index contributed by atoms with van der Waals surface area (Å²) >= 11 is 7.15. The molecule has 0 fully saturated rings. The number of anilines is 1. The molecule has 0 aliphatic carbocycles. The lowest BCUT2D eigenvalue weighted by molar-refractivity contribution is -0.384. The standard InChI is InChI=1S/C21H21ClN6O4S/c1-12-5-4-6-14(9-12)20(30)23-13(2)19-25-26-21(27(19)3)33-11-18(29)24-17-10-15(28(31)32)7-8-16(17)22/h4-10,13H,11H2,1-3H3,(H,23,30)(H,24,29). The predicted molar refractivity (Wildman–Crippen MR) is 126 cm³/mol. The first-order valence-electron chi connectivity index (χ1n) is 9.79. The highest BCUT2D eigenvalue weighted by Gasteiger charge is 2.19. The highest BCUT2D eigenvalue weighted by molar-refractivity contribution is 7.99. The lowest BCUT2D eigenvalue weighted by atomic mass is 10.1. The van der Waals surface area contributed by atoms with Crippen molar-refractivity contribution in [1.82, 2.24) is 20.1 Å². The molecule has 0 aliphatic heterocycles. The van der Waals surface area contributed by atoms with Gasteiger partial charge in [-0.25, -0.2) is 0 Å². The number of amides is 2. The summed E-state index contributed by atoms with van der Waals surface area (Å²) in [6.45, 7) is 3.71. The summed E-state index contributed by atoms with van der Waals surface area (Å²) in [5.74, 6) is -0.125. The zero-order valence-corrected chi connectivity index (χ0v) is 19.6. The van der Waals surface area contributed by atoms with E-state index in [0.717, 1.165) is 17.3 Å². The number of hydrogen-bond acceptors (Lipinski definition) is 7. The van der Waals surface area contributed by atoms with Gasteiger partial charge in [-0.15, -0.1) is 10.2 Å². The van der Waals surface area contributed by atoms with Crippen LogP contribution in [0, 0.1) is 17.0 Å². The van der Waals surface area contributed by atoms with Crippen LogP contribution in [0.4, 0.5) is 11.4 Å². The van der Waals surface area contributed by atoms with E-state index in [4.69, 9.17) is 11.6 Å². The number of nitro groups is 1. The third kappa shape index (κ3) is 6.08. The fourth-order valence-electron chi connectivity index (χ4n) is 3.00. The average molecular weight is 489 g/mol. The molecular formula is C21H21ClN6O4S. The van der Waals surface area contributed by atoms with Gasteiger partial charge in [0.1, 0.15) is 0 Å². The number of nitro benzene ring substituents is 1. The van der Waals surface area contributed by atoms with E-state index >= 15 is 0 Å². The summed E-state index contributed by atoms with van der Waals surface area (Å²) in [5, 5.41) is 25.3. The lowest BCUT2D eigenvalue weighted by Crippen LogP contribution is -2.28. The molecule has 0 bridgehead atoms. The van der Waals surface area contributed by atoms with Crippen molar-refractivity contribution in [2.45, 2.75) is 25.0 Å². The maximum absolute atomic E-state index is 12.5. The second-order valence-electron chi connectivity index (χ2n) is 7.22. The van der Waals surface area contributed by atoms with Crippen molar-refractivity contribution in [3.8, 4) is 0 Å². The Morgan fingerprint density at radius 2 is 2.00 bits per heavy atom. The van der Waals surface area contributed by atoms with Crippen LogP contribution < -0.4 is 10.6 Å². The molecule has 10 nitrogen and oxygen atoms in total. The van der Waals surface area contributed by atoms with E-state index in [9.17, 15) is 19.7 Å². The number of nitrogens with one attached hydrogen (secondary N) is 2. The Morgan fingerprint density at radius 3 is 2.70 bits per heavy atom. The fourth-order valence-corrected chi connectivity index (χ4v) is 3.88. The number of hydrogen-bond donors (Lipinski definition) is 2. The van der Waals surface area contributed by atoms with E-state index in [1.807, 2.05) is 19.1 Å². The summed E-state index contributed by atoms with van der Waals surface area (Å²) in [4.78, 5) is 35.2. The van der Waals surface area contributed by atoms with E-state index in [-0.39, 0.29) is 28.1 Å². The topological polar surface area (TPSA) is 132 Å². The van der Waals surface area contributed by atoms with Crippen molar-refractivity contribution in [2.24, 2.45) is 7.05 Å². The van der Waals surface area contributed by atoms with Crippen molar-refractivity contribution in [3.63, 3.8) is 0 Å². The van der Waals surface area contributed by atoms with Gasteiger partial charge in [0.25, 0.3) is 11.6 Å². The van der Waals surface area contributed by atoms with E-state index in [1.165, 1.54) is 18.2 Å². The van der Waals surface area contributed by atoms with Crippen LogP contribution >= 0.6 is 23.4 Å². The SMILES string of the molecule is Cc1cccc(C(=O)NC(C)c2nnc(SCC(=O)Nc3cc([N+](=O)[O-])ccc3Cl)n2C)c1. The first-order chi connectivity index (χ1) is 15.7. The third-order valence-corrected chi connectivity index (χ3v) is 6.00. The first kappa shape index (κ1) is 24.2. The highest BCUT2D eigenvalue weighted by Crippen LogP contribution is 2.27. The van der Waals surface area contributed by atoms with Crippen LogP contribution in [0.15, 0.2) is 47.6 Å². The molecule has 1 atom stereocenters. The van der Waals surface area contributed by atoms with Crippen LogP contribution in [0.2, 0.25) is 5.02 Å². The molecule has 0 saturated heterocycles. The monoisotopic (exact) mass is 488 g/mol. The molecule has 1 heterocycles. The zero-order chi connectivity index (χ0) is 24.1. The molecule has 0 spiro atoms. The van der Waals surface area contributed by atoms with Crippen molar-refractivity contribution in [2.75, 3.05) is 11.1 Å². The number of aryl methyl sites for hydroxylation is 1. The van der Waals surface area contributed by atoms with E-state index in [2.05, 4.69) is 20.8 Å². The molecule has 172 valence electrons. The van der Waals surface area contributed by atoms with Crippen molar-refractivity contribution >= 4 is 46.6 Å². The second-order valence-corrected chi connectivity index (χ2v) is 8.57. The molecule has 3 rings (SSSR count). The quantitative estimate of drug-likeness (QED) is 0.279. The molecule has 3 aromatic rings. The molecule has 33 heavy (non-hydrogen) atoms. The Hall–Kier alpha value is -3.44. The highest BCUT2D eigenvalue weighted by atomic mass is 35.5. The van der Waals surface area contributed by atoms with Crippen molar-refractivity contribution in [1.29, 1.82) is 0 Å². The summed E-state index contributed by atoms with van der Waals surface area (Å²) in [7, 11) is 1.74. The van der Waals surface area contributed by atoms with Crippen LogP contribution in [-0.2, 0) is 11.8 Å². The minimum atomic E-state index is -0.569. The van der Waals surface area contributed by atoms with Gasteiger partial charge in [-0.2, -0.15) is 0 Å². The number of thioether (sulfide) groups is 1. The van der Waals surface area contributed by atoms with Crippen LogP contribution in [0.3, 0.4) is 0 Å². The smallest absolute Gasteiger partial charge is 0.271 e. The van der Waals surface area contributed by atoms with E-state index in [0.29, 0.717) is 16.5 Å². The Balaban J connectivity index is 1.60. The molecule has 12 heteroatoms. The van der Waals surface area contributed by atoms with E-state index < -0.39 is 16.9 Å². The molecule has 2 aromatic carbocycles. The molecule has 0 saturated carbocycles. The second kappa shape index (κ2) is 10.5. The van der Waals surface area contributed by atoms with Gasteiger partial charge in [0.15, 0.2) is 11.0 Å². The summed E-state index contributed by atoms with van der Waals surface area (Å²) in [6.07, 6.45) is 0. The Morgan fingerprint density at radius 1 is 1.24 bits per heavy atom. The lowest BCUT2D eigenvalue weighted by Gasteiger charge is -2.14. The van der Waals surface area contributed by atoms with Crippen LogP contribution in [0.1, 0.15) is 34.7 Å². The number of benzene rings is 2. The maximum atomic E-state index is 12.5. The van der Waals surface area contributed by atoms with Crippen LogP contribution in [0.5, 0.6) is 0 Å². The van der Waals surface area contributed by atoms with Crippen molar-refractivity contribution < 1.29 is 14.5 Å². The van der Waals surface area contributed by atoms with Gasteiger partial charge in [0.2, 0.25) is 5.91 Å². The molecule has 1 unspecified atom stereocenters.